The lowest BCUT2D eigenvalue weighted by molar-refractivity contribution is -0.245. The lowest BCUT2D eigenvalue weighted by atomic mass is 9.39. The molecule has 2 saturated heterocycles. The number of rotatable bonds is 10. The van der Waals surface area contributed by atoms with E-state index in [2.05, 4.69) is 22.4 Å². The van der Waals surface area contributed by atoms with Crippen LogP contribution >= 0.6 is 7.82 Å². The molecule has 2 aromatic carbocycles. The average molecular weight is 893 g/mol. The Kier molecular flexibility index (Phi) is 9.51. The summed E-state index contributed by atoms with van der Waals surface area (Å²) in [7, 11) is -3.99. The predicted molar refractivity (Wildman–Crippen MR) is 238 cm³/mol. The average Bonchev–Trinajstić information content (AvgIpc) is 3.82. The Bertz CT molecular complexity index is 2680. The normalized spacial score (nSPS) is 33.0. The first-order valence-corrected chi connectivity index (χ1v) is 23.9. The predicted octanol–water partition coefficient (Wildman–Crippen LogP) is 7.90. The van der Waals surface area contributed by atoms with Crippen LogP contribution < -0.4 is 19.3 Å². The van der Waals surface area contributed by atoms with Gasteiger partial charge < -0.3 is 28.4 Å². The van der Waals surface area contributed by atoms with E-state index in [0.29, 0.717) is 77.2 Å². The molecule has 4 aliphatic carbocycles. The van der Waals surface area contributed by atoms with Crippen molar-refractivity contribution in [3.63, 3.8) is 0 Å². The van der Waals surface area contributed by atoms with E-state index in [1.807, 2.05) is 84.9 Å². The van der Waals surface area contributed by atoms with Crippen LogP contribution in [0.2, 0.25) is 0 Å². The maximum atomic E-state index is 16.0. The number of methoxy groups -OCH3 is 1. The van der Waals surface area contributed by atoms with Gasteiger partial charge >= 0.3 is 13.8 Å². The maximum Gasteiger partial charge on any atom is 0.524 e. The van der Waals surface area contributed by atoms with Gasteiger partial charge in [0.05, 0.1) is 35.5 Å². The lowest BCUT2D eigenvalue weighted by Gasteiger charge is -2.70. The summed E-state index contributed by atoms with van der Waals surface area (Å²) >= 11 is 0. The first-order chi connectivity index (χ1) is 30.2. The molecule has 64 heavy (non-hydrogen) atoms. The zero-order valence-electron chi connectivity index (χ0n) is 37.9. The van der Waals surface area contributed by atoms with Crippen LogP contribution in [0.3, 0.4) is 0 Å². The molecule has 8 atom stereocenters. The molecule has 5 fully saturated rings. The Morgan fingerprint density at radius 1 is 1.00 bits per heavy atom. The minimum absolute atomic E-state index is 0.0281. The number of carbonyl (C=O) groups excluding carboxylic acids is 3. The van der Waals surface area contributed by atoms with Gasteiger partial charge in [0.25, 0.3) is 0 Å². The summed E-state index contributed by atoms with van der Waals surface area (Å²) in [5.41, 5.74) is 0.0287. The smallest absolute Gasteiger partial charge is 0.482 e. The highest BCUT2D eigenvalue weighted by Gasteiger charge is 2.89. The summed E-state index contributed by atoms with van der Waals surface area (Å²) in [4.78, 5) is 68.0. The van der Waals surface area contributed by atoms with Crippen molar-refractivity contribution in [1.29, 1.82) is 0 Å². The van der Waals surface area contributed by atoms with Gasteiger partial charge in [-0.1, -0.05) is 53.6 Å². The van der Waals surface area contributed by atoms with E-state index in [-0.39, 0.29) is 29.5 Å². The number of phosphoric acid groups is 1. The largest absolute Gasteiger partial charge is 0.524 e. The SMILES string of the molecule is COC(=O)/C(C)=C\CC12OC(C)(C)C3CC(C1=O)C1C4=C(c5ccccc5C4=O)N4CCNC45c4c(OP(=O)(O)O)c6c(c(CC=C(C)C)c4OC32C15)OC(C)(CCC=C(C)C)C=C6. The van der Waals surface area contributed by atoms with Crippen LogP contribution in [0, 0.1) is 23.7 Å². The second-order valence-corrected chi connectivity index (χ2v) is 21.3. The zero-order chi connectivity index (χ0) is 45.7. The van der Waals surface area contributed by atoms with Crippen molar-refractivity contribution in [3.05, 3.63) is 98.7 Å². The summed E-state index contributed by atoms with van der Waals surface area (Å²) in [6, 6.07) is 7.50. The third-order valence-corrected chi connectivity index (χ3v) is 15.9. The van der Waals surface area contributed by atoms with Gasteiger partial charge in [-0.25, -0.2) is 9.36 Å². The summed E-state index contributed by atoms with van der Waals surface area (Å²) in [6.45, 7) is 16.5. The minimum atomic E-state index is -5.30. The van der Waals surface area contributed by atoms with E-state index in [4.69, 9.17) is 23.5 Å². The summed E-state index contributed by atoms with van der Waals surface area (Å²) in [5, 5.41) is 3.92. The molecule has 0 radical (unpaired) electrons. The molecule has 4 bridgehead atoms. The first kappa shape index (κ1) is 43.1. The topological polar surface area (TPSA) is 170 Å². The summed E-state index contributed by atoms with van der Waals surface area (Å²) in [5.74, 6) is -2.92. The third-order valence-electron chi connectivity index (χ3n) is 15.4. The molecular weight excluding hydrogens is 836 g/mol. The molecule has 0 aromatic heterocycles. The Labute approximate surface area is 373 Å². The van der Waals surface area contributed by atoms with Gasteiger partial charge in [0.2, 0.25) is 0 Å². The Morgan fingerprint density at radius 3 is 2.41 bits per heavy atom. The number of ketones is 2. The maximum absolute atomic E-state index is 16.0. The van der Waals surface area contributed by atoms with E-state index in [9.17, 15) is 19.1 Å². The van der Waals surface area contributed by atoms with Crippen molar-refractivity contribution in [2.24, 2.45) is 23.7 Å². The molecule has 338 valence electrons. The molecule has 0 amide bonds. The quantitative estimate of drug-likeness (QED) is 0.0912. The number of hydrogen-bond acceptors (Lipinski definition) is 11. The fourth-order valence-corrected chi connectivity index (χ4v) is 13.6. The van der Waals surface area contributed by atoms with Crippen molar-refractivity contribution in [1.82, 2.24) is 10.2 Å². The molecule has 3 N–H and O–H groups in total. The number of esters is 1. The number of carbonyl (C=O) groups is 3. The standard InChI is InChI=1S/C50H57N2O11P/c1-26(2)13-12-20-47(8)21-19-32-40(60-47)31(17-16-27(3)4)41-37(42(32)62-64(56,57)58)50-43-35(36-38(52(50)24-23-51-50)29-14-10-11-15-30(29)39(36)53)33-25-34-46(6,7)63-48(44(33)54,49(34,43)61-41)22-18-28(5)45(55)59-9/h10-11,13-16,18-19,21,33-35,43,51H,12,17,20,22-25H2,1-9H3,(H2,56,57,58)/b28-18-. The van der Waals surface area contributed by atoms with Gasteiger partial charge in [0.15, 0.2) is 28.5 Å². The fraction of sp³-hybridized carbons (Fsp3) is 0.500. The highest BCUT2D eigenvalue weighted by molar-refractivity contribution is 7.46. The highest BCUT2D eigenvalue weighted by atomic mass is 31.2. The molecule has 3 saturated carbocycles. The summed E-state index contributed by atoms with van der Waals surface area (Å²) in [6.07, 6.45) is 11.7. The highest BCUT2D eigenvalue weighted by Crippen LogP contribution is 2.79. The third kappa shape index (κ3) is 5.63. The van der Waals surface area contributed by atoms with E-state index in [1.54, 1.807) is 13.0 Å². The van der Waals surface area contributed by atoms with E-state index < -0.39 is 65.5 Å². The Hall–Kier alpha value is -4.78. The van der Waals surface area contributed by atoms with Gasteiger partial charge in [-0.15, -0.1) is 0 Å². The number of Topliss-reactive ketones (excluding diaryl/α,β-unsaturated/α-hetero) is 2. The van der Waals surface area contributed by atoms with Crippen molar-refractivity contribution in [2.45, 2.75) is 116 Å². The number of ether oxygens (including phenoxy) is 4. The van der Waals surface area contributed by atoms with Crippen molar-refractivity contribution < 1.29 is 52.2 Å². The van der Waals surface area contributed by atoms with Crippen LogP contribution in [0.25, 0.3) is 11.8 Å². The van der Waals surface area contributed by atoms with E-state index >= 15 is 9.59 Å². The molecule has 5 heterocycles. The molecule has 11 rings (SSSR count). The number of benzene rings is 2. The number of phosphoric ester groups is 1. The van der Waals surface area contributed by atoms with Gasteiger partial charge in [-0.05, 0) is 93.2 Å². The van der Waals surface area contributed by atoms with Gasteiger partial charge in [0, 0.05) is 65.1 Å². The van der Waals surface area contributed by atoms with Crippen LogP contribution in [-0.2, 0) is 35.7 Å². The number of nitrogens with one attached hydrogen (secondary N) is 1. The van der Waals surface area contributed by atoms with E-state index in [0.717, 1.165) is 17.6 Å². The molecule has 2 aromatic rings. The van der Waals surface area contributed by atoms with Gasteiger partial charge in [-0.2, -0.15) is 0 Å². The zero-order valence-corrected chi connectivity index (χ0v) is 38.8. The first-order valence-electron chi connectivity index (χ1n) is 22.4. The van der Waals surface area contributed by atoms with Crippen molar-refractivity contribution >= 4 is 37.1 Å². The van der Waals surface area contributed by atoms with Gasteiger partial charge in [-0.3, -0.25) is 24.7 Å². The second kappa shape index (κ2) is 14.1. The molecule has 14 heteroatoms. The number of nitrogens with zero attached hydrogens (tertiary/aromatic N) is 1. The van der Waals surface area contributed by atoms with Crippen molar-refractivity contribution in [3.8, 4) is 17.2 Å². The van der Waals surface area contributed by atoms with Crippen LogP contribution in [0.4, 0.5) is 0 Å². The second-order valence-electron chi connectivity index (χ2n) is 20.1. The molecule has 9 aliphatic rings. The monoisotopic (exact) mass is 892 g/mol. The van der Waals surface area contributed by atoms with Crippen LogP contribution in [0.5, 0.6) is 17.2 Å². The molecule has 5 aliphatic heterocycles. The van der Waals surface area contributed by atoms with Crippen LogP contribution in [0.1, 0.15) is 114 Å². The summed E-state index contributed by atoms with van der Waals surface area (Å²) < 4.78 is 46.9. The number of fused-ring (bicyclic) bond motifs is 5. The number of allylic oxidation sites excluding steroid dienone is 5. The number of hydrogen-bond donors (Lipinski definition) is 3. The Morgan fingerprint density at radius 2 is 1.72 bits per heavy atom. The fourth-order valence-electron chi connectivity index (χ4n) is 13.2. The molecule has 13 nitrogen and oxygen atoms in total. The Balaban J connectivity index is 1.35. The van der Waals surface area contributed by atoms with Gasteiger partial charge in [0.1, 0.15) is 22.8 Å². The molecule has 8 unspecified atom stereocenters. The minimum Gasteiger partial charge on any atom is -0.482 e. The molecule has 2 spiro atoms. The van der Waals surface area contributed by atoms with Crippen molar-refractivity contribution in [2.75, 3.05) is 20.2 Å². The van der Waals surface area contributed by atoms with Crippen LogP contribution in [0.15, 0.2) is 70.9 Å². The molecular formula is C50H57N2O11P. The lowest BCUT2D eigenvalue weighted by Crippen LogP contribution is -2.84. The van der Waals surface area contributed by atoms with E-state index in [1.165, 1.54) is 12.7 Å². The van der Waals surface area contributed by atoms with Crippen LogP contribution in [-0.4, -0.2) is 74.8 Å².